The van der Waals surface area contributed by atoms with E-state index in [1.807, 2.05) is 42.5 Å². The molecule has 1 unspecified atom stereocenters. The Morgan fingerprint density at radius 1 is 1.04 bits per heavy atom. The monoisotopic (exact) mass is 339 g/mol. The molecule has 0 aliphatic heterocycles. The molecule has 0 heterocycles. The Bertz CT molecular complexity index is 679. The highest BCUT2D eigenvalue weighted by Gasteiger charge is 2.29. The van der Waals surface area contributed by atoms with E-state index < -0.39 is 5.54 Å². The fourth-order valence-electron chi connectivity index (χ4n) is 2.82. The summed E-state index contributed by atoms with van der Waals surface area (Å²) in [5, 5.41) is 2.97. The third-order valence-electron chi connectivity index (χ3n) is 4.59. The number of carbonyl (C=O) groups is 1. The minimum absolute atomic E-state index is 0.173. The van der Waals surface area contributed by atoms with E-state index in [1.54, 1.807) is 6.92 Å². The van der Waals surface area contributed by atoms with Gasteiger partial charge in [0.05, 0.1) is 0 Å². The second kappa shape index (κ2) is 8.79. The molecule has 4 nitrogen and oxygen atoms in total. The molecule has 2 aromatic carbocycles. The van der Waals surface area contributed by atoms with E-state index in [9.17, 15) is 4.79 Å². The zero-order valence-electron chi connectivity index (χ0n) is 15.5. The molecule has 2 rings (SSSR count). The molecule has 2 aromatic rings. The van der Waals surface area contributed by atoms with Crippen LogP contribution >= 0.6 is 0 Å². The molecule has 0 radical (unpaired) electrons. The van der Waals surface area contributed by atoms with Crippen LogP contribution in [-0.4, -0.2) is 23.9 Å². The Balaban J connectivity index is 2.00. The van der Waals surface area contributed by atoms with Crippen molar-refractivity contribution in [2.45, 2.75) is 39.4 Å². The predicted octanol–water partition coefficient (Wildman–Crippen LogP) is 3.02. The van der Waals surface area contributed by atoms with Gasteiger partial charge in [-0.25, -0.2) is 0 Å². The van der Waals surface area contributed by atoms with Crippen LogP contribution < -0.4 is 11.1 Å². The summed E-state index contributed by atoms with van der Waals surface area (Å²) in [6, 6.07) is 17.8. The highest BCUT2D eigenvalue weighted by molar-refractivity contribution is 5.86. The van der Waals surface area contributed by atoms with Crippen molar-refractivity contribution in [2.75, 3.05) is 13.1 Å². The van der Waals surface area contributed by atoms with Gasteiger partial charge in [-0.2, -0.15) is 0 Å². The number of amides is 1. The number of nitrogens with zero attached hydrogens (tertiary/aromatic N) is 1. The molecular formula is C21H29N3O. The molecule has 1 atom stereocenters. The molecular weight excluding hydrogens is 310 g/mol. The summed E-state index contributed by atoms with van der Waals surface area (Å²) in [6.45, 7) is 9.53. The summed E-state index contributed by atoms with van der Waals surface area (Å²) in [5.41, 5.74) is 8.37. The zero-order chi connectivity index (χ0) is 18.3. The summed E-state index contributed by atoms with van der Waals surface area (Å²) >= 11 is 0. The van der Waals surface area contributed by atoms with E-state index in [4.69, 9.17) is 5.73 Å². The number of nitrogens with two attached hydrogens (primary N) is 1. The molecule has 4 heteroatoms. The molecule has 25 heavy (non-hydrogen) atoms. The number of hydrogen-bond donors (Lipinski definition) is 2. The molecule has 134 valence electrons. The van der Waals surface area contributed by atoms with Crippen LogP contribution in [-0.2, 0) is 23.4 Å². The van der Waals surface area contributed by atoms with Crippen LogP contribution in [0.4, 0.5) is 0 Å². The average Bonchev–Trinajstić information content (AvgIpc) is 2.65. The fourth-order valence-corrected chi connectivity index (χ4v) is 2.82. The van der Waals surface area contributed by atoms with Crippen molar-refractivity contribution in [3.05, 3.63) is 71.3 Å². The number of nitrogens with one attached hydrogen (secondary N) is 1. The van der Waals surface area contributed by atoms with E-state index in [1.165, 1.54) is 5.56 Å². The molecule has 3 N–H and O–H groups in total. The fraction of sp³-hybridized carbons (Fsp3) is 0.381. The van der Waals surface area contributed by atoms with Crippen molar-refractivity contribution < 1.29 is 4.79 Å². The first-order chi connectivity index (χ1) is 12.0. The van der Waals surface area contributed by atoms with E-state index >= 15 is 0 Å². The molecule has 0 saturated heterocycles. The van der Waals surface area contributed by atoms with Crippen LogP contribution in [0.25, 0.3) is 0 Å². The van der Waals surface area contributed by atoms with E-state index in [-0.39, 0.29) is 5.91 Å². The standard InChI is InChI=1S/C21H29N3O/c1-4-24(5-2)16-18-11-9-10-17(14-18)15-23-20(25)21(3,22)19-12-7-6-8-13-19/h6-14H,4-5,15-16,22H2,1-3H3,(H,23,25). The lowest BCUT2D eigenvalue weighted by atomic mass is 9.92. The van der Waals surface area contributed by atoms with Crippen molar-refractivity contribution >= 4 is 5.91 Å². The highest BCUT2D eigenvalue weighted by Crippen LogP contribution is 2.17. The molecule has 0 spiro atoms. The maximum Gasteiger partial charge on any atom is 0.244 e. The quantitative estimate of drug-likeness (QED) is 0.777. The van der Waals surface area contributed by atoms with Gasteiger partial charge in [0.1, 0.15) is 5.54 Å². The van der Waals surface area contributed by atoms with Gasteiger partial charge < -0.3 is 11.1 Å². The van der Waals surface area contributed by atoms with Crippen LogP contribution in [0.3, 0.4) is 0 Å². The highest BCUT2D eigenvalue weighted by atomic mass is 16.2. The molecule has 0 saturated carbocycles. The van der Waals surface area contributed by atoms with Crippen LogP contribution in [0, 0.1) is 0 Å². The number of hydrogen-bond acceptors (Lipinski definition) is 3. The van der Waals surface area contributed by atoms with Gasteiger partial charge >= 0.3 is 0 Å². The van der Waals surface area contributed by atoms with Crippen LogP contribution in [0.5, 0.6) is 0 Å². The minimum atomic E-state index is -1.04. The molecule has 0 aliphatic carbocycles. The molecule has 0 aromatic heterocycles. The van der Waals surface area contributed by atoms with Gasteiger partial charge in [0.25, 0.3) is 0 Å². The van der Waals surface area contributed by atoms with Crippen LogP contribution in [0.2, 0.25) is 0 Å². The number of benzene rings is 2. The molecule has 0 aliphatic rings. The Hall–Kier alpha value is -2.17. The van der Waals surface area contributed by atoms with Crippen LogP contribution in [0.1, 0.15) is 37.5 Å². The third-order valence-corrected chi connectivity index (χ3v) is 4.59. The Morgan fingerprint density at radius 2 is 1.68 bits per heavy atom. The first-order valence-electron chi connectivity index (χ1n) is 8.90. The Morgan fingerprint density at radius 3 is 2.32 bits per heavy atom. The third kappa shape index (κ3) is 5.15. The van der Waals surface area contributed by atoms with Gasteiger partial charge in [-0.05, 0) is 36.7 Å². The average molecular weight is 339 g/mol. The molecule has 1 amide bonds. The topological polar surface area (TPSA) is 58.4 Å². The van der Waals surface area contributed by atoms with E-state index in [0.29, 0.717) is 6.54 Å². The lowest BCUT2D eigenvalue weighted by molar-refractivity contribution is -0.126. The number of carbonyl (C=O) groups excluding carboxylic acids is 1. The van der Waals surface area contributed by atoms with Gasteiger partial charge in [-0.3, -0.25) is 9.69 Å². The van der Waals surface area contributed by atoms with Gasteiger partial charge in [0.2, 0.25) is 5.91 Å². The Labute approximate surface area is 151 Å². The largest absolute Gasteiger partial charge is 0.350 e. The normalized spacial score (nSPS) is 13.5. The molecule has 0 bridgehead atoms. The van der Waals surface area contributed by atoms with Gasteiger partial charge in [0, 0.05) is 13.1 Å². The maximum atomic E-state index is 12.5. The maximum absolute atomic E-state index is 12.5. The lowest BCUT2D eigenvalue weighted by Crippen LogP contribution is -2.48. The summed E-state index contributed by atoms with van der Waals surface area (Å²) in [4.78, 5) is 14.9. The zero-order valence-corrected chi connectivity index (χ0v) is 15.5. The van der Waals surface area contributed by atoms with Gasteiger partial charge in [-0.15, -0.1) is 0 Å². The summed E-state index contributed by atoms with van der Waals surface area (Å²) in [6.07, 6.45) is 0. The first kappa shape index (κ1) is 19.2. The van der Waals surface area contributed by atoms with Crippen molar-refractivity contribution in [1.29, 1.82) is 0 Å². The van der Waals surface area contributed by atoms with E-state index in [2.05, 4.69) is 36.2 Å². The number of rotatable bonds is 8. The van der Waals surface area contributed by atoms with Crippen molar-refractivity contribution in [2.24, 2.45) is 5.73 Å². The predicted molar refractivity (Wildman–Crippen MR) is 103 cm³/mol. The van der Waals surface area contributed by atoms with E-state index in [0.717, 1.165) is 30.8 Å². The first-order valence-corrected chi connectivity index (χ1v) is 8.90. The summed E-state index contributed by atoms with van der Waals surface area (Å²) in [5.74, 6) is -0.173. The second-order valence-electron chi connectivity index (χ2n) is 6.53. The van der Waals surface area contributed by atoms with Crippen molar-refractivity contribution in [3.63, 3.8) is 0 Å². The second-order valence-corrected chi connectivity index (χ2v) is 6.53. The minimum Gasteiger partial charge on any atom is -0.350 e. The summed E-state index contributed by atoms with van der Waals surface area (Å²) < 4.78 is 0. The van der Waals surface area contributed by atoms with Gasteiger partial charge in [-0.1, -0.05) is 68.4 Å². The SMILES string of the molecule is CCN(CC)Cc1cccc(CNC(=O)C(C)(N)c2ccccc2)c1. The van der Waals surface area contributed by atoms with Crippen LogP contribution in [0.15, 0.2) is 54.6 Å². The molecule has 0 fully saturated rings. The summed E-state index contributed by atoms with van der Waals surface area (Å²) in [7, 11) is 0. The smallest absolute Gasteiger partial charge is 0.244 e. The van der Waals surface area contributed by atoms with Crippen molar-refractivity contribution in [3.8, 4) is 0 Å². The van der Waals surface area contributed by atoms with Crippen molar-refractivity contribution in [1.82, 2.24) is 10.2 Å². The lowest BCUT2D eigenvalue weighted by Gasteiger charge is -2.24. The van der Waals surface area contributed by atoms with Gasteiger partial charge in [0.15, 0.2) is 0 Å². The Kier molecular flexibility index (Phi) is 6.73.